The molecule has 0 bridgehead atoms. The lowest BCUT2D eigenvalue weighted by molar-refractivity contribution is -0.137. The van der Waals surface area contributed by atoms with Crippen LogP contribution in [-0.2, 0) is 11.0 Å². The Balaban J connectivity index is 3.44. The lowest BCUT2D eigenvalue weighted by Crippen LogP contribution is -2.30. The standard InChI is InChI=1S/C12H12ClF3N2O/c1-11(2,13)10(18-17-7-19)8-5-3-4-6-9(8)12(14,15)16/h3-7H,1-2H3,(H,17,19). The zero-order valence-electron chi connectivity index (χ0n) is 10.3. The summed E-state index contributed by atoms with van der Waals surface area (Å²) < 4.78 is 38.8. The Morgan fingerprint density at radius 2 is 1.89 bits per heavy atom. The van der Waals surface area contributed by atoms with Crippen LogP contribution in [0, 0.1) is 0 Å². The highest BCUT2D eigenvalue weighted by atomic mass is 35.5. The molecule has 0 unspecified atom stereocenters. The van der Waals surface area contributed by atoms with E-state index < -0.39 is 16.6 Å². The Kier molecular flexibility index (Phi) is 4.57. The van der Waals surface area contributed by atoms with Crippen LogP contribution in [-0.4, -0.2) is 17.0 Å². The minimum Gasteiger partial charge on any atom is -0.277 e. The van der Waals surface area contributed by atoms with E-state index in [0.717, 1.165) is 6.07 Å². The van der Waals surface area contributed by atoms with Crippen LogP contribution in [0.5, 0.6) is 0 Å². The number of hydrogen-bond donors (Lipinski definition) is 1. The van der Waals surface area contributed by atoms with Crippen LogP contribution in [0.3, 0.4) is 0 Å². The number of alkyl halides is 4. The van der Waals surface area contributed by atoms with E-state index in [2.05, 4.69) is 5.10 Å². The first-order chi connectivity index (χ1) is 8.68. The Bertz CT molecular complexity index is 492. The second-order valence-corrected chi connectivity index (χ2v) is 5.17. The third-order valence-electron chi connectivity index (χ3n) is 2.28. The average molecular weight is 293 g/mol. The molecule has 1 rings (SSSR count). The van der Waals surface area contributed by atoms with Gasteiger partial charge >= 0.3 is 6.18 Å². The average Bonchev–Trinajstić information content (AvgIpc) is 2.27. The van der Waals surface area contributed by atoms with E-state index in [0.29, 0.717) is 0 Å². The van der Waals surface area contributed by atoms with Gasteiger partial charge in [0.25, 0.3) is 0 Å². The van der Waals surface area contributed by atoms with Crippen molar-refractivity contribution in [3.8, 4) is 0 Å². The Morgan fingerprint density at radius 3 is 2.37 bits per heavy atom. The fourth-order valence-corrected chi connectivity index (χ4v) is 1.69. The molecule has 104 valence electrons. The molecule has 0 aromatic heterocycles. The van der Waals surface area contributed by atoms with Gasteiger partial charge in [0.1, 0.15) is 0 Å². The first kappa shape index (κ1) is 15.5. The van der Waals surface area contributed by atoms with Crippen molar-refractivity contribution >= 4 is 23.7 Å². The first-order valence-corrected chi connectivity index (χ1v) is 5.68. The zero-order chi connectivity index (χ0) is 14.7. The van der Waals surface area contributed by atoms with Gasteiger partial charge < -0.3 is 0 Å². The molecule has 7 heteroatoms. The summed E-state index contributed by atoms with van der Waals surface area (Å²) in [6, 6.07) is 4.93. The lowest BCUT2D eigenvalue weighted by atomic mass is 9.94. The van der Waals surface area contributed by atoms with Crippen LogP contribution >= 0.6 is 11.6 Å². The number of hydrogen-bond acceptors (Lipinski definition) is 2. The monoisotopic (exact) mass is 292 g/mol. The van der Waals surface area contributed by atoms with Gasteiger partial charge in [-0.15, -0.1) is 11.6 Å². The summed E-state index contributed by atoms with van der Waals surface area (Å²) in [6.07, 6.45) is -4.26. The number of rotatable bonds is 4. The summed E-state index contributed by atoms with van der Waals surface area (Å²) in [7, 11) is 0. The fraction of sp³-hybridized carbons (Fsp3) is 0.333. The van der Waals surface area contributed by atoms with Gasteiger partial charge in [-0.05, 0) is 19.9 Å². The minimum absolute atomic E-state index is 0.0609. The van der Waals surface area contributed by atoms with Crippen LogP contribution < -0.4 is 5.43 Å². The van der Waals surface area contributed by atoms with Crippen molar-refractivity contribution in [1.82, 2.24) is 5.43 Å². The molecule has 1 amide bonds. The van der Waals surface area contributed by atoms with Crippen molar-refractivity contribution in [3.05, 3.63) is 35.4 Å². The predicted molar refractivity (Wildman–Crippen MR) is 67.1 cm³/mol. The fourth-order valence-electron chi connectivity index (χ4n) is 1.54. The third-order valence-corrected chi connectivity index (χ3v) is 2.46. The molecule has 0 heterocycles. The van der Waals surface area contributed by atoms with Crippen molar-refractivity contribution in [2.75, 3.05) is 0 Å². The second-order valence-electron chi connectivity index (χ2n) is 4.22. The highest BCUT2D eigenvalue weighted by Gasteiger charge is 2.37. The van der Waals surface area contributed by atoms with E-state index in [1.54, 1.807) is 0 Å². The summed E-state index contributed by atoms with van der Waals surface area (Å²) in [6.45, 7) is 2.99. The largest absolute Gasteiger partial charge is 0.417 e. The summed E-state index contributed by atoms with van der Waals surface area (Å²) >= 11 is 6.04. The summed E-state index contributed by atoms with van der Waals surface area (Å²) in [4.78, 5) is 9.10. The van der Waals surface area contributed by atoms with Crippen molar-refractivity contribution in [2.24, 2.45) is 5.10 Å². The van der Waals surface area contributed by atoms with E-state index in [-0.39, 0.29) is 17.7 Å². The molecule has 19 heavy (non-hydrogen) atoms. The smallest absolute Gasteiger partial charge is 0.277 e. The van der Waals surface area contributed by atoms with Crippen molar-refractivity contribution < 1.29 is 18.0 Å². The maximum absolute atomic E-state index is 12.9. The summed E-state index contributed by atoms with van der Waals surface area (Å²) in [5, 5.41) is 3.62. The van der Waals surface area contributed by atoms with Gasteiger partial charge in [-0.1, -0.05) is 18.2 Å². The van der Waals surface area contributed by atoms with E-state index >= 15 is 0 Å². The van der Waals surface area contributed by atoms with Crippen molar-refractivity contribution in [1.29, 1.82) is 0 Å². The molecule has 1 aromatic carbocycles. The molecule has 0 fully saturated rings. The highest BCUT2D eigenvalue weighted by molar-refractivity contribution is 6.38. The SMILES string of the molecule is CC(C)(Cl)C(=NNC=O)c1ccccc1C(F)(F)F. The molecule has 0 aliphatic rings. The van der Waals surface area contributed by atoms with Crippen molar-refractivity contribution in [3.63, 3.8) is 0 Å². The molecule has 1 aromatic rings. The maximum Gasteiger partial charge on any atom is 0.417 e. The number of benzene rings is 1. The van der Waals surface area contributed by atoms with Gasteiger partial charge in [0, 0.05) is 5.56 Å². The summed E-state index contributed by atoms with van der Waals surface area (Å²) in [5.74, 6) is 0. The van der Waals surface area contributed by atoms with Crippen molar-refractivity contribution in [2.45, 2.75) is 24.9 Å². The number of hydrazone groups is 1. The number of nitrogens with zero attached hydrogens (tertiary/aromatic N) is 1. The molecule has 0 spiro atoms. The lowest BCUT2D eigenvalue weighted by Gasteiger charge is -2.22. The molecule has 0 aliphatic carbocycles. The van der Waals surface area contributed by atoms with Crippen LogP contribution in [0.1, 0.15) is 25.0 Å². The number of nitrogens with one attached hydrogen (secondary N) is 1. The number of carbonyl (C=O) groups is 1. The molecule has 0 saturated heterocycles. The van der Waals surface area contributed by atoms with E-state index in [1.165, 1.54) is 32.0 Å². The van der Waals surface area contributed by atoms with E-state index in [9.17, 15) is 18.0 Å². The van der Waals surface area contributed by atoms with Gasteiger partial charge in [0.05, 0.1) is 16.1 Å². The minimum atomic E-state index is -4.53. The van der Waals surface area contributed by atoms with Gasteiger partial charge in [0.15, 0.2) is 0 Å². The third kappa shape index (κ3) is 3.96. The Morgan fingerprint density at radius 1 is 1.32 bits per heavy atom. The van der Waals surface area contributed by atoms with Gasteiger partial charge in [-0.3, -0.25) is 4.79 Å². The van der Waals surface area contributed by atoms with Gasteiger partial charge in [-0.25, -0.2) is 5.43 Å². The summed E-state index contributed by atoms with van der Waals surface area (Å²) in [5.41, 5.74) is 0.912. The second kappa shape index (κ2) is 5.61. The van der Waals surface area contributed by atoms with E-state index in [1.807, 2.05) is 5.43 Å². The first-order valence-electron chi connectivity index (χ1n) is 5.30. The topological polar surface area (TPSA) is 41.5 Å². The zero-order valence-corrected chi connectivity index (χ0v) is 11.0. The number of amides is 1. The molecular weight excluding hydrogens is 281 g/mol. The number of halogens is 4. The molecular formula is C12H12ClF3N2O. The molecule has 1 N–H and O–H groups in total. The highest BCUT2D eigenvalue weighted by Crippen LogP contribution is 2.34. The van der Waals surface area contributed by atoms with Gasteiger partial charge in [-0.2, -0.15) is 18.3 Å². The molecule has 0 atom stereocenters. The van der Waals surface area contributed by atoms with Crippen LogP contribution in [0.2, 0.25) is 0 Å². The molecule has 0 aliphatic heterocycles. The molecule has 0 radical (unpaired) electrons. The molecule has 3 nitrogen and oxygen atoms in total. The van der Waals surface area contributed by atoms with Gasteiger partial charge in [0.2, 0.25) is 6.41 Å². The van der Waals surface area contributed by atoms with Crippen LogP contribution in [0.15, 0.2) is 29.4 Å². The number of carbonyl (C=O) groups excluding carboxylic acids is 1. The Hall–Kier alpha value is -1.56. The van der Waals surface area contributed by atoms with Crippen LogP contribution in [0.4, 0.5) is 13.2 Å². The quantitative estimate of drug-likeness (QED) is 0.394. The van der Waals surface area contributed by atoms with E-state index in [4.69, 9.17) is 11.6 Å². The maximum atomic E-state index is 12.9. The molecule has 0 saturated carbocycles. The Labute approximate surface area is 113 Å². The van der Waals surface area contributed by atoms with Crippen LogP contribution in [0.25, 0.3) is 0 Å². The normalized spacial score (nSPS) is 13.3. The predicted octanol–water partition coefficient (Wildman–Crippen LogP) is 3.17.